The lowest BCUT2D eigenvalue weighted by molar-refractivity contribution is 0.0697. The van der Waals surface area contributed by atoms with Crippen molar-refractivity contribution in [2.45, 2.75) is 32.2 Å². The molecule has 0 heterocycles. The standard InChI is InChI=1S/C14H17ClN2O3/c1-8-3-2-4-11(8)16-14(20)17-12-6-5-9(13(18)19)7-10(12)15/h5-8,11H,2-4H2,1H3,(H,18,19)(H2,16,17,20). The topological polar surface area (TPSA) is 78.4 Å². The largest absolute Gasteiger partial charge is 0.478 e. The van der Waals surface area contributed by atoms with Gasteiger partial charge in [0.15, 0.2) is 0 Å². The van der Waals surface area contributed by atoms with E-state index in [1.54, 1.807) is 0 Å². The van der Waals surface area contributed by atoms with Gasteiger partial charge in [0.2, 0.25) is 0 Å². The van der Waals surface area contributed by atoms with Crippen molar-refractivity contribution in [3.63, 3.8) is 0 Å². The lowest BCUT2D eigenvalue weighted by Gasteiger charge is -2.18. The van der Waals surface area contributed by atoms with Gasteiger partial charge in [-0.15, -0.1) is 0 Å². The lowest BCUT2D eigenvalue weighted by Crippen LogP contribution is -2.39. The third-order valence-electron chi connectivity index (χ3n) is 3.64. The minimum atomic E-state index is -1.05. The van der Waals surface area contributed by atoms with Gasteiger partial charge >= 0.3 is 12.0 Å². The number of carboxylic acid groups (broad SMARTS) is 1. The molecular formula is C14H17ClN2O3. The van der Waals surface area contributed by atoms with Gasteiger partial charge in [0.05, 0.1) is 16.3 Å². The van der Waals surface area contributed by atoms with Crippen LogP contribution in [0.3, 0.4) is 0 Å². The first-order valence-corrected chi connectivity index (χ1v) is 6.95. The molecule has 108 valence electrons. The fourth-order valence-corrected chi connectivity index (χ4v) is 2.66. The molecule has 5 nitrogen and oxygen atoms in total. The van der Waals surface area contributed by atoms with Gasteiger partial charge in [0.1, 0.15) is 0 Å². The predicted octanol–water partition coefficient (Wildman–Crippen LogP) is 3.35. The van der Waals surface area contributed by atoms with E-state index in [4.69, 9.17) is 16.7 Å². The number of hydrogen-bond donors (Lipinski definition) is 3. The minimum absolute atomic E-state index is 0.0883. The van der Waals surface area contributed by atoms with E-state index in [1.165, 1.54) is 18.2 Å². The highest BCUT2D eigenvalue weighted by Gasteiger charge is 2.24. The molecule has 20 heavy (non-hydrogen) atoms. The summed E-state index contributed by atoms with van der Waals surface area (Å²) in [4.78, 5) is 22.7. The Bertz CT molecular complexity index is 533. The second-order valence-corrected chi connectivity index (χ2v) is 5.52. The van der Waals surface area contributed by atoms with E-state index in [1.807, 2.05) is 0 Å². The number of carbonyl (C=O) groups is 2. The van der Waals surface area contributed by atoms with E-state index < -0.39 is 5.97 Å². The van der Waals surface area contributed by atoms with Crippen LogP contribution in [0.5, 0.6) is 0 Å². The van der Waals surface area contributed by atoms with Crippen LogP contribution >= 0.6 is 11.6 Å². The fourth-order valence-electron chi connectivity index (χ4n) is 2.44. The Morgan fingerprint density at radius 1 is 1.35 bits per heavy atom. The Hall–Kier alpha value is -1.75. The third kappa shape index (κ3) is 3.42. The highest BCUT2D eigenvalue weighted by molar-refractivity contribution is 6.34. The number of halogens is 1. The zero-order valence-electron chi connectivity index (χ0n) is 11.1. The Labute approximate surface area is 122 Å². The van der Waals surface area contributed by atoms with Gasteiger partial charge in [-0.2, -0.15) is 0 Å². The summed E-state index contributed by atoms with van der Waals surface area (Å²) < 4.78 is 0. The molecule has 1 fully saturated rings. The first-order valence-electron chi connectivity index (χ1n) is 6.57. The number of amides is 2. The number of anilines is 1. The van der Waals surface area contributed by atoms with E-state index in [2.05, 4.69) is 17.6 Å². The lowest BCUT2D eigenvalue weighted by atomic mass is 10.1. The van der Waals surface area contributed by atoms with E-state index >= 15 is 0 Å². The maximum atomic E-state index is 11.9. The van der Waals surface area contributed by atoms with Gasteiger partial charge in [-0.3, -0.25) is 0 Å². The number of aromatic carboxylic acids is 1. The van der Waals surface area contributed by atoms with Gasteiger partial charge in [0.25, 0.3) is 0 Å². The van der Waals surface area contributed by atoms with Crippen LogP contribution < -0.4 is 10.6 Å². The summed E-state index contributed by atoms with van der Waals surface area (Å²) in [5, 5.41) is 14.6. The molecule has 1 aliphatic rings. The van der Waals surface area contributed by atoms with Gasteiger partial charge in [-0.05, 0) is 37.0 Å². The van der Waals surface area contributed by atoms with Crippen LogP contribution in [-0.4, -0.2) is 23.1 Å². The normalized spacial score (nSPS) is 21.5. The molecule has 3 N–H and O–H groups in total. The van der Waals surface area contributed by atoms with Crippen molar-refractivity contribution in [3.8, 4) is 0 Å². The number of hydrogen-bond acceptors (Lipinski definition) is 2. The molecule has 1 aromatic carbocycles. The van der Waals surface area contributed by atoms with Crippen molar-refractivity contribution in [1.29, 1.82) is 0 Å². The average molecular weight is 297 g/mol. The summed E-state index contributed by atoms with van der Waals surface area (Å²) in [5.41, 5.74) is 0.491. The molecule has 1 aromatic rings. The Morgan fingerprint density at radius 2 is 2.10 bits per heavy atom. The van der Waals surface area contributed by atoms with Crippen LogP contribution in [0.1, 0.15) is 36.5 Å². The van der Waals surface area contributed by atoms with Gasteiger partial charge in [0, 0.05) is 6.04 Å². The maximum absolute atomic E-state index is 11.9. The highest BCUT2D eigenvalue weighted by Crippen LogP contribution is 2.26. The number of rotatable bonds is 3. The van der Waals surface area contributed by atoms with Crippen molar-refractivity contribution in [3.05, 3.63) is 28.8 Å². The number of carbonyl (C=O) groups excluding carboxylic acids is 1. The molecule has 2 unspecified atom stereocenters. The quantitative estimate of drug-likeness (QED) is 0.800. The highest BCUT2D eigenvalue weighted by atomic mass is 35.5. The maximum Gasteiger partial charge on any atom is 0.335 e. The number of carboxylic acids is 1. The summed E-state index contributed by atoms with van der Waals surface area (Å²) in [7, 11) is 0. The molecule has 2 atom stereocenters. The molecule has 6 heteroatoms. The third-order valence-corrected chi connectivity index (χ3v) is 3.95. The van der Waals surface area contributed by atoms with E-state index in [0.29, 0.717) is 11.6 Å². The Morgan fingerprint density at radius 3 is 2.65 bits per heavy atom. The molecule has 0 saturated heterocycles. The van der Waals surface area contributed by atoms with E-state index in [0.717, 1.165) is 19.3 Å². The molecule has 0 spiro atoms. The number of benzene rings is 1. The van der Waals surface area contributed by atoms with Crippen molar-refractivity contribution in [1.82, 2.24) is 5.32 Å². The molecule has 0 radical (unpaired) electrons. The fraction of sp³-hybridized carbons (Fsp3) is 0.429. The monoisotopic (exact) mass is 296 g/mol. The first kappa shape index (κ1) is 14.7. The molecule has 0 aromatic heterocycles. The summed E-state index contributed by atoms with van der Waals surface area (Å²) in [6.07, 6.45) is 3.24. The van der Waals surface area contributed by atoms with Crippen LogP contribution in [0.4, 0.5) is 10.5 Å². The molecule has 2 rings (SSSR count). The van der Waals surface area contributed by atoms with Crippen molar-refractivity contribution >= 4 is 29.3 Å². The zero-order chi connectivity index (χ0) is 14.7. The smallest absolute Gasteiger partial charge is 0.335 e. The van der Waals surface area contributed by atoms with Crippen LogP contribution in [0.15, 0.2) is 18.2 Å². The molecule has 1 saturated carbocycles. The van der Waals surface area contributed by atoms with Crippen molar-refractivity contribution < 1.29 is 14.7 Å². The first-order chi connectivity index (χ1) is 9.47. The number of urea groups is 1. The Kier molecular flexibility index (Phi) is 4.49. The van der Waals surface area contributed by atoms with Gasteiger partial charge in [-0.1, -0.05) is 24.9 Å². The minimum Gasteiger partial charge on any atom is -0.478 e. The van der Waals surface area contributed by atoms with Crippen molar-refractivity contribution in [2.24, 2.45) is 5.92 Å². The molecule has 1 aliphatic carbocycles. The SMILES string of the molecule is CC1CCCC1NC(=O)Nc1ccc(C(=O)O)cc1Cl. The van der Waals surface area contributed by atoms with Gasteiger partial charge < -0.3 is 15.7 Å². The van der Waals surface area contributed by atoms with E-state index in [9.17, 15) is 9.59 Å². The van der Waals surface area contributed by atoms with Crippen LogP contribution in [0.2, 0.25) is 5.02 Å². The van der Waals surface area contributed by atoms with Crippen LogP contribution in [0.25, 0.3) is 0 Å². The van der Waals surface area contributed by atoms with Crippen molar-refractivity contribution in [2.75, 3.05) is 5.32 Å². The second kappa shape index (κ2) is 6.13. The van der Waals surface area contributed by atoms with Crippen LogP contribution in [0, 0.1) is 5.92 Å². The summed E-state index contributed by atoms with van der Waals surface area (Å²) in [6.45, 7) is 2.12. The number of nitrogens with one attached hydrogen (secondary N) is 2. The van der Waals surface area contributed by atoms with E-state index in [-0.39, 0.29) is 22.7 Å². The average Bonchev–Trinajstić information content (AvgIpc) is 2.77. The van der Waals surface area contributed by atoms with Gasteiger partial charge in [-0.25, -0.2) is 9.59 Å². The Balaban J connectivity index is 1.99. The molecule has 0 aliphatic heterocycles. The van der Waals surface area contributed by atoms with Crippen LogP contribution in [-0.2, 0) is 0 Å². The molecule has 2 amide bonds. The summed E-state index contributed by atoms with van der Waals surface area (Å²) >= 11 is 5.96. The second-order valence-electron chi connectivity index (χ2n) is 5.11. The predicted molar refractivity (Wildman–Crippen MR) is 77.4 cm³/mol. The molecular weight excluding hydrogens is 280 g/mol. The summed E-state index contributed by atoms with van der Waals surface area (Å²) in [6, 6.07) is 4.09. The summed E-state index contributed by atoms with van der Waals surface area (Å²) in [5.74, 6) is -0.576. The zero-order valence-corrected chi connectivity index (χ0v) is 11.9. The molecule has 0 bridgehead atoms.